The zero-order valence-electron chi connectivity index (χ0n) is 16.8. The molecule has 2 aromatic rings. The highest BCUT2D eigenvalue weighted by atomic mass is 127. The maximum Gasteiger partial charge on any atom is 0.191 e. The lowest BCUT2D eigenvalue weighted by Crippen LogP contribution is -2.40. The van der Waals surface area contributed by atoms with Crippen molar-refractivity contribution in [2.24, 2.45) is 10.9 Å². The number of benzene rings is 1. The third kappa shape index (κ3) is 7.78. The van der Waals surface area contributed by atoms with Gasteiger partial charge in [0.2, 0.25) is 0 Å². The second-order valence-corrected chi connectivity index (χ2v) is 8.77. The van der Waals surface area contributed by atoms with Gasteiger partial charge >= 0.3 is 0 Å². The number of aryl methyl sites for hydroxylation is 1. The van der Waals surface area contributed by atoms with Crippen molar-refractivity contribution in [2.45, 2.75) is 38.8 Å². The number of hydrogen-bond donors (Lipinski definition) is 2. The molecule has 9 heteroatoms. The number of aliphatic imine (C=N–C) groups is 1. The fourth-order valence-corrected chi connectivity index (χ4v) is 3.76. The van der Waals surface area contributed by atoms with E-state index in [-0.39, 0.29) is 24.0 Å². The topological polar surface area (TPSA) is 88.4 Å². The summed E-state index contributed by atoms with van der Waals surface area (Å²) >= 11 is 0. The Morgan fingerprint density at radius 2 is 2.07 bits per heavy atom. The van der Waals surface area contributed by atoms with E-state index in [1.807, 2.05) is 42.9 Å². The summed E-state index contributed by atoms with van der Waals surface area (Å²) in [4.78, 5) is 4.98. The molecular formula is C19H30IN5O2S. The Hall–Kier alpha value is -1.62. The molecule has 0 saturated carbocycles. The van der Waals surface area contributed by atoms with Gasteiger partial charge in [0.1, 0.15) is 0 Å². The van der Waals surface area contributed by atoms with Crippen LogP contribution in [0.25, 0.3) is 0 Å². The highest BCUT2D eigenvalue weighted by Crippen LogP contribution is 2.17. The van der Waals surface area contributed by atoms with Crippen molar-refractivity contribution < 1.29 is 8.42 Å². The van der Waals surface area contributed by atoms with E-state index in [2.05, 4.69) is 27.6 Å². The van der Waals surface area contributed by atoms with E-state index in [4.69, 9.17) is 0 Å². The molecule has 0 amide bonds. The molecule has 1 atom stereocenters. The standard InChI is InChI=1S/C19H29N5O2S.HI/c1-5-20-19(21-12-15(2)14-24-10-6-9-23-24)22-13-17-7-8-18(16(3)11-17)27(4,25)26;/h6-11,15H,5,12-14H2,1-4H3,(H2,20,21,22);1H. The first-order valence-corrected chi connectivity index (χ1v) is 11.0. The summed E-state index contributed by atoms with van der Waals surface area (Å²) < 4.78 is 25.4. The molecule has 0 bridgehead atoms. The molecule has 1 heterocycles. The van der Waals surface area contributed by atoms with Crippen LogP contribution in [0.2, 0.25) is 0 Å². The number of rotatable bonds is 8. The SMILES string of the molecule is CCNC(=NCc1ccc(S(C)(=O)=O)c(C)c1)NCC(C)Cn1cccn1.I. The molecule has 156 valence electrons. The van der Waals surface area contributed by atoms with Gasteiger partial charge in [0, 0.05) is 38.3 Å². The number of guanidine groups is 1. The van der Waals surface area contributed by atoms with Crippen LogP contribution < -0.4 is 10.6 Å². The first kappa shape index (κ1) is 24.4. The van der Waals surface area contributed by atoms with E-state index in [9.17, 15) is 8.42 Å². The van der Waals surface area contributed by atoms with Gasteiger partial charge in [-0.25, -0.2) is 13.4 Å². The average molecular weight is 519 g/mol. The molecule has 0 radical (unpaired) electrons. The summed E-state index contributed by atoms with van der Waals surface area (Å²) in [6.45, 7) is 8.85. The largest absolute Gasteiger partial charge is 0.357 e. The molecule has 1 aromatic carbocycles. The van der Waals surface area contributed by atoms with Crippen molar-refractivity contribution in [3.63, 3.8) is 0 Å². The van der Waals surface area contributed by atoms with Crippen LogP contribution in [0.3, 0.4) is 0 Å². The lowest BCUT2D eigenvalue weighted by atomic mass is 10.1. The summed E-state index contributed by atoms with van der Waals surface area (Å²) in [5.74, 6) is 1.14. The van der Waals surface area contributed by atoms with E-state index in [0.29, 0.717) is 17.4 Å². The fourth-order valence-electron chi connectivity index (χ4n) is 2.80. The third-order valence-corrected chi connectivity index (χ3v) is 5.34. The molecule has 0 spiro atoms. The number of sulfone groups is 1. The Labute approximate surface area is 185 Å². The van der Waals surface area contributed by atoms with Gasteiger partial charge < -0.3 is 10.6 Å². The number of nitrogens with one attached hydrogen (secondary N) is 2. The van der Waals surface area contributed by atoms with Gasteiger partial charge in [-0.1, -0.05) is 19.1 Å². The van der Waals surface area contributed by atoms with Crippen LogP contribution in [-0.2, 0) is 22.9 Å². The van der Waals surface area contributed by atoms with Crippen LogP contribution in [0.15, 0.2) is 46.5 Å². The molecule has 0 fully saturated rings. The highest BCUT2D eigenvalue weighted by molar-refractivity contribution is 14.0. The molecule has 28 heavy (non-hydrogen) atoms. The van der Waals surface area contributed by atoms with Gasteiger partial charge in [0.15, 0.2) is 15.8 Å². The maximum absolute atomic E-state index is 11.7. The minimum absolute atomic E-state index is 0. The smallest absolute Gasteiger partial charge is 0.191 e. The van der Waals surface area contributed by atoms with E-state index in [0.717, 1.165) is 36.7 Å². The average Bonchev–Trinajstić information content (AvgIpc) is 3.09. The van der Waals surface area contributed by atoms with Crippen molar-refractivity contribution in [1.29, 1.82) is 0 Å². The maximum atomic E-state index is 11.7. The van der Waals surface area contributed by atoms with Crippen molar-refractivity contribution in [2.75, 3.05) is 19.3 Å². The van der Waals surface area contributed by atoms with E-state index >= 15 is 0 Å². The van der Waals surface area contributed by atoms with E-state index in [1.165, 1.54) is 6.26 Å². The Bertz CT molecular complexity index is 866. The quantitative estimate of drug-likeness (QED) is 0.318. The number of hydrogen-bond acceptors (Lipinski definition) is 4. The highest BCUT2D eigenvalue weighted by Gasteiger charge is 2.11. The van der Waals surface area contributed by atoms with E-state index in [1.54, 1.807) is 12.3 Å². The predicted octanol–water partition coefficient (Wildman–Crippen LogP) is 2.60. The van der Waals surface area contributed by atoms with Crippen LogP contribution >= 0.6 is 24.0 Å². The molecule has 1 unspecified atom stereocenters. The molecule has 0 aliphatic carbocycles. The Kier molecular flexibility index (Phi) is 9.94. The lowest BCUT2D eigenvalue weighted by molar-refractivity contribution is 0.443. The Balaban J connectivity index is 0.00000392. The van der Waals surface area contributed by atoms with E-state index < -0.39 is 9.84 Å². The fraction of sp³-hybridized carbons (Fsp3) is 0.474. The van der Waals surface area contributed by atoms with Crippen molar-refractivity contribution in [3.8, 4) is 0 Å². The molecule has 2 N–H and O–H groups in total. The second-order valence-electron chi connectivity index (χ2n) is 6.78. The number of aromatic nitrogens is 2. The summed E-state index contributed by atoms with van der Waals surface area (Å²) in [6.07, 6.45) is 4.96. The minimum Gasteiger partial charge on any atom is -0.357 e. The Morgan fingerprint density at radius 1 is 1.32 bits per heavy atom. The normalized spacial score (nSPS) is 12.9. The lowest BCUT2D eigenvalue weighted by Gasteiger charge is -2.16. The van der Waals surface area contributed by atoms with Gasteiger partial charge in [-0.3, -0.25) is 4.68 Å². The van der Waals surface area contributed by atoms with Gasteiger partial charge in [0.25, 0.3) is 0 Å². The van der Waals surface area contributed by atoms with Crippen LogP contribution in [0.5, 0.6) is 0 Å². The van der Waals surface area contributed by atoms with Gasteiger partial charge in [-0.05, 0) is 43.0 Å². The van der Waals surface area contributed by atoms with Crippen molar-refractivity contribution in [1.82, 2.24) is 20.4 Å². The van der Waals surface area contributed by atoms with Crippen molar-refractivity contribution >= 4 is 39.8 Å². The van der Waals surface area contributed by atoms with Crippen LogP contribution in [0.1, 0.15) is 25.0 Å². The summed E-state index contributed by atoms with van der Waals surface area (Å²) in [5, 5.41) is 10.8. The zero-order valence-corrected chi connectivity index (χ0v) is 20.0. The van der Waals surface area contributed by atoms with Crippen LogP contribution in [0, 0.1) is 12.8 Å². The van der Waals surface area contributed by atoms with Gasteiger partial charge in [-0.15, -0.1) is 24.0 Å². The molecule has 7 nitrogen and oxygen atoms in total. The molecule has 0 aliphatic rings. The zero-order chi connectivity index (χ0) is 19.9. The molecule has 2 rings (SSSR count). The number of halogens is 1. The Morgan fingerprint density at radius 3 is 2.64 bits per heavy atom. The monoisotopic (exact) mass is 519 g/mol. The van der Waals surface area contributed by atoms with Gasteiger partial charge in [-0.2, -0.15) is 5.10 Å². The molecular weight excluding hydrogens is 489 g/mol. The molecule has 1 aromatic heterocycles. The van der Waals surface area contributed by atoms with Crippen molar-refractivity contribution in [3.05, 3.63) is 47.8 Å². The summed E-state index contributed by atoms with van der Waals surface area (Å²) in [6, 6.07) is 7.27. The van der Waals surface area contributed by atoms with Crippen LogP contribution in [0.4, 0.5) is 0 Å². The minimum atomic E-state index is -3.20. The molecule has 0 saturated heterocycles. The van der Waals surface area contributed by atoms with Crippen LogP contribution in [-0.4, -0.2) is 43.5 Å². The predicted molar refractivity (Wildman–Crippen MR) is 124 cm³/mol. The first-order valence-electron chi connectivity index (χ1n) is 9.08. The number of nitrogens with zero attached hydrogens (tertiary/aromatic N) is 3. The first-order chi connectivity index (χ1) is 12.8. The summed E-state index contributed by atoms with van der Waals surface area (Å²) in [7, 11) is -3.20. The van der Waals surface area contributed by atoms with Gasteiger partial charge in [0.05, 0.1) is 11.4 Å². The summed E-state index contributed by atoms with van der Waals surface area (Å²) in [5.41, 5.74) is 1.72. The second kappa shape index (κ2) is 11.4. The third-order valence-electron chi connectivity index (χ3n) is 4.08. The molecule has 0 aliphatic heterocycles.